The van der Waals surface area contributed by atoms with Crippen molar-refractivity contribution >= 4 is 0 Å². The van der Waals surface area contributed by atoms with E-state index in [-0.39, 0.29) is 29.7 Å². The Hall–Kier alpha value is -3.12. The van der Waals surface area contributed by atoms with Gasteiger partial charge in [0.1, 0.15) is 0 Å². The van der Waals surface area contributed by atoms with Crippen molar-refractivity contribution < 1.29 is 0 Å². The summed E-state index contributed by atoms with van der Waals surface area (Å²) in [6.07, 6.45) is 0. The average Bonchev–Trinajstić information content (AvgIpc) is 3.03. The molecule has 0 aliphatic carbocycles. The molecule has 0 aliphatic rings. The van der Waals surface area contributed by atoms with Gasteiger partial charge >= 0.3 is 0 Å². The molecule has 0 bridgehead atoms. The molecule has 0 aromatic heterocycles. The van der Waals surface area contributed by atoms with Crippen molar-refractivity contribution in [3.63, 3.8) is 0 Å². The molecule has 0 spiro atoms. The molecule has 0 heteroatoms. The van der Waals surface area contributed by atoms with Gasteiger partial charge in [-0.3, -0.25) is 0 Å². The molecule has 0 saturated heterocycles. The van der Waals surface area contributed by atoms with Gasteiger partial charge in [0.2, 0.25) is 0 Å². The van der Waals surface area contributed by atoms with Gasteiger partial charge in [-0.25, -0.2) is 0 Å². The quantitative estimate of drug-likeness (QED) is 0.214. The van der Waals surface area contributed by atoms with Crippen LogP contribution >= 0.6 is 0 Å². The summed E-state index contributed by atoms with van der Waals surface area (Å²) >= 11 is 0. The van der Waals surface area contributed by atoms with Gasteiger partial charge in [-0.1, -0.05) is 245 Å². The van der Waals surface area contributed by atoms with Crippen molar-refractivity contribution in [1.82, 2.24) is 0 Å². The molecule has 0 aliphatic heterocycles. The van der Waals surface area contributed by atoms with Crippen LogP contribution in [0.2, 0.25) is 0 Å². The van der Waals surface area contributed by atoms with Gasteiger partial charge in [-0.2, -0.15) is 0 Å². The first-order valence-corrected chi connectivity index (χ1v) is 13.0. The molecule has 0 amide bonds. The molecule has 38 heavy (non-hydrogen) atoms. The Morgan fingerprint density at radius 1 is 0.132 bits per heavy atom. The van der Waals surface area contributed by atoms with Crippen LogP contribution in [0.5, 0.6) is 0 Å². The Morgan fingerprint density at radius 2 is 0.158 bits per heavy atom. The number of hydrogen-bond acceptors (Lipinski definition) is 0. The lowest BCUT2D eigenvalue weighted by Gasteiger charge is -1.69. The van der Waals surface area contributed by atoms with E-state index < -0.39 is 0 Å². The summed E-state index contributed by atoms with van der Waals surface area (Å²) < 4.78 is 0. The van der Waals surface area contributed by atoms with Crippen LogP contribution in [0.4, 0.5) is 0 Å². The highest BCUT2D eigenvalue weighted by molar-refractivity contribution is 5.00. The maximum atomic E-state index is 2.00. The molecular formula is C38H70. The third kappa shape index (κ3) is 76.6. The summed E-state index contributed by atoms with van der Waals surface area (Å²) in [6, 6.07) is 48.0. The molecule has 0 unspecified atom stereocenters. The monoisotopic (exact) mass is 527 g/mol. The Balaban J connectivity index is -0.0000000368. The van der Waals surface area contributed by atoms with Crippen LogP contribution in [0.3, 0.4) is 0 Å². The van der Waals surface area contributed by atoms with E-state index in [9.17, 15) is 0 Å². The fraction of sp³-hybridized carbons (Fsp3) is 0.368. The molecule has 4 rings (SSSR count). The van der Waals surface area contributed by atoms with Crippen LogP contribution in [-0.2, 0) is 0 Å². The minimum atomic E-state index is 0. The Bertz CT molecular complexity index is 414. The topological polar surface area (TPSA) is 0 Å². The summed E-state index contributed by atoms with van der Waals surface area (Å²) in [5.41, 5.74) is 0. The molecule has 0 N–H and O–H groups in total. The minimum absolute atomic E-state index is 0. The van der Waals surface area contributed by atoms with Gasteiger partial charge in [0, 0.05) is 0 Å². The average molecular weight is 527 g/mol. The number of benzene rings is 4. The third-order valence-corrected chi connectivity index (χ3v) is 2.67. The van der Waals surface area contributed by atoms with E-state index in [1.165, 1.54) is 0 Å². The Labute approximate surface area is 244 Å². The van der Waals surface area contributed by atoms with E-state index in [1.807, 2.05) is 215 Å². The molecular weight excluding hydrogens is 456 g/mol. The second-order valence-corrected chi connectivity index (χ2v) is 4.62. The summed E-state index contributed by atoms with van der Waals surface area (Å²) in [5.74, 6) is 0. The second-order valence-electron chi connectivity index (χ2n) is 4.62. The van der Waals surface area contributed by atoms with E-state index >= 15 is 0 Å². The SMILES string of the molecule is C.C.C.C.CC.CC.CC.CC.CC.c1ccccc1.c1ccccc1.c1ccccc1.c1ccccc1. The molecule has 0 heterocycles. The molecule has 4 aromatic carbocycles. The van der Waals surface area contributed by atoms with Gasteiger partial charge in [0.15, 0.2) is 0 Å². The standard InChI is InChI=1S/4C6H6.5C2H6.4CH4/c4*1-2-4-6-5-3-1;5*1-2;;;;/h4*1-6H;5*1-2H3;4*1H4. The molecule has 222 valence electrons. The van der Waals surface area contributed by atoms with Gasteiger partial charge in [-0.15, -0.1) is 0 Å². The van der Waals surface area contributed by atoms with Crippen LogP contribution in [0.25, 0.3) is 0 Å². The zero-order valence-corrected chi connectivity index (χ0v) is 23.9. The number of hydrogen-bond donors (Lipinski definition) is 0. The van der Waals surface area contributed by atoms with Crippen LogP contribution in [0.15, 0.2) is 146 Å². The zero-order chi connectivity index (χ0) is 27.0. The van der Waals surface area contributed by atoms with Gasteiger partial charge in [0.25, 0.3) is 0 Å². The van der Waals surface area contributed by atoms with Crippen molar-refractivity contribution in [2.75, 3.05) is 0 Å². The fourth-order valence-corrected chi connectivity index (χ4v) is 1.54. The van der Waals surface area contributed by atoms with Crippen LogP contribution in [-0.4, -0.2) is 0 Å². The highest BCUT2D eigenvalue weighted by Crippen LogP contribution is 1.81. The summed E-state index contributed by atoms with van der Waals surface area (Å²) in [4.78, 5) is 0. The van der Waals surface area contributed by atoms with Crippen molar-refractivity contribution in [3.8, 4) is 0 Å². The summed E-state index contributed by atoms with van der Waals surface area (Å²) in [5, 5.41) is 0. The maximum Gasteiger partial charge on any atom is -0.0623 e. The molecule has 0 nitrogen and oxygen atoms in total. The second kappa shape index (κ2) is 84.0. The summed E-state index contributed by atoms with van der Waals surface area (Å²) in [7, 11) is 0. The third-order valence-electron chi connectivity index (χ3n) is 2.67. The molecule has 4 aromatic rings. The molecule has 0 saturated carbocycles. The van der Waals surface area contributed by atoms with E-state index in [0.29, 0.717) is 0 Å². The van der Waals surface area contributed by atoms with Crippen molar-refractivity contribution in [2.24, 2.45) is 0 Å². The molecule has 0 radical (unpaired) electrons. The van der Waals surface area contributed by atoms with Crippen LogP contribution in [0, 0.1) is 0 Å². The predicted molar refractivity (Wildman–Crippen MR) is 189 cm³/mol. The van der Waals surface area contributed by atoms with Crippen LogP contribution in [0.1, 0.15) is 98.9 Å². The highest BCUT2D eigenvalue weighted by Gasteiger charge is 1.59. The Kier molecular flexibility index (Phi) is 132. The van der Waals surface area contributed by atoms with Crippen LogP contribution < -0.4 is 0 Å². The minimum Gasteiger partial charge on any atom is -0.0776 e. The fourth-order valence-electron chi connectivity index (χ4n) is 1.54. The normalized spacial score (nSPS) is 5.84. The Morgan fingerprint density at radius 3 is 0.184 bits per heavy atom. The number of rotatable bonds is 0. The van der Waals surface area contributed by atoms with E-state index in [0.717, 1.165) is 0 Å². The van der Waals surface area contributed by atoms with Gasteiger partial charge < -0.3 is 0 Å². The van der Waals surface area contributed by atoms with E-state index in [2.05, 4.69) is 0 Å². The lowest BCUT2D eigenvalue weighted by atomic mass is 10.4. The summed E-state index contributed by atoms with van der Waals surface area (Å²) in [6.45, 7) is 20.0. The first-order valence-electron chi connectivity index (χ1n) is 13.0. The first kappa shape index (κ1) is 59.8. The van der Waals surface area contributed by atoms with Gasteiger partial charge in [0.05, 0.1) is 0 Å². The largest absolute Gasteiger partial charge is 0.0776 e. The maximum absolute atomic E-state index is 2.00. The molecule has 0 atom stereocenters. The zero-order valence-electron chi connectivity index (χ0n) is 23.9. The highest BCUT2D eigenvalue weighted by atomic mass is 13.7. The van der Waals surface area contributed by atoms with Crippen molar-refractivity contribution in [2.45, 2.75) is 98.9 Å². The van der Waals surface area contributed by atoms with E-state index in [4.69, 9.17) is 0 Å². The first-order chi connectivity index (χ1) is 17.0. The molecule has 0 fully saturated rings. The van der Waals surface area contributed by atoms with Gasteiger partial charge in [-0.05, 0) is 0 Å². The lowest BCUT2D eigenvalue weighted by molar-refractivity contribution is 1.50. The smallest absolute Gasteiger partial charge is 0.0623 e. The van der Waals surface area contributed by atoms with Crippen molar-refractivity contribution in [1.29, 1.82) is 0 Å². The predicted octanol–water partition coefficient (Wildman–Crippen LogP) is 14.4. The van der Waals surface area contributed by atoms with E-state index in [1.54, 1.807) is 0 Å². The lowest BCUT2D eigenvalue weighted by Crippen LogP contribution is -1.47. The van der Waals surface area contributed by atoms with Crippen molar-refractivity contribution in [3.05, 3.63) is 146 Å².